The monoisotopic (exact) mass is 285 g/mol. The van der Waals surface area contributed by atoms with E-state index in [0.29, 0.717) is 13.1 Å². The summed E-state index contributed by atoms with van der Waals surface area (Å²) in [6.45, 7) is 1.28. The first-order valence-electron chi connectivity index (χ1n) is 7.08. The third-order valence-corrected chi connectivity index (χ3v) is 3.82. The molecule has 5 nitrogen and oxygen atoms in total. The fourth-order valence-corrected chi connectivity index (χ4v) is 2.84. The minimum atomic E-state index is -0.315. The summed E-state index contributed by atoms with van der Waals surface area (Å²) in [7, 11) is 1.66. The van der Waals surface area contributed by atoms with Crippen LogP contribution in [-0.2, 0) is 6.54 Å². The largest absolute Gasteiger partial charge is 0.497 e. The zero-order valence-corrected chi connectivity index (χ0v) is 12.0. The molecule has 2 heterocycles. The van der Waals surface area contributed by atoms with Crippen molar-refractivity contribution < 1.29 is 9.84 Å². The van der Waals surface area contributed by atoms with Crippen molar-refractivity contribution in [1.82, 2.24) is 14.9 Å². The molecule has 0 bridgehead atoms. The number of nitrogens with zero attached hydrogens (tertiary/aromatic N) is 3. The van der Waals surface area contributed by atoms with E-state index in [9.17, 15) is 5.11 Å². The van der Waals surface area contributed by atoms with E-state index in [0.717, 1.165) is 23.6 Å². The number of methoxy groups -OCH3 is 1. The van der Waals surface area contributed by atoms with Gasteiger partial charge in [-0.05, 0) is 30.2 Å². The topological polar surface area (TPSA) is 58.5 Å². The van der Waals surface area contributed by atoms with Crippen LogP contribution < -0.4 is 4.74 Å². The fourth-order valence-electron chi connectivity index (χ4n) is 2.84. The van der Waals surface area contributed by atoms with Crippen LogP contribution in [0.4, 0.5) is 0 Å². The van der Waals surface area contributed by atoms with Crippen LogP contribution in [0.25, 0.3) is 0 Å². The average molecular weight is 285 g/mol. The number of aromatic nitrogens is 2. The quantitative estimate of drug-likeness (QED) is 0.928. The molecule has 3 rings (SSSR count). The predicted molar refractivity (Wildman–Crippen MR) is 78.8 cm³/mol. The summed E-state index contributed by atoms with van der Waals surface area (Å²) in [6, 6.07) is 9.99. The molecule has 110 valence electrons. The molecule has 1 N–H and O–H groups in total. The summed E-state index contributed by atoms with van der Waals surface area (Å²) in [4.78, 5) is 10.8. The first-order valence-corrected chi connectivity index (χ1v) is 7.08. The molecule has 0 amide bonds. The molecule has 0 radical (unpaired) electrons. The van der Waals surface area contributed by atoms with Crippen molar-refractivity contribution in [1.29, 1.82) is 0 Å². The molecular weight excluding hydrogens is 266 g/mol. The van der Waals surface area contributed by atoms with E-state index in [1.54, 1.807) is 19.5 Å². The maximum absolute atomic E-state index is 10.0. The standard InChI is InChI=1S/C16H19N3O2/c1-21-14-5-2-4-12(8-14)15-9-13(20)10-19(15)11-16-17-6-3-7-18-16/h2-8,13,15,20H,9-11H2,1H3/t13-,15-/m1/s1. The van der Waals surface area contributed by atoms with E-state index in [2.05, 4.69) is 20.9 Å². The fraction of sp³-hybridized carbons (Fsp3) is 0.375. The summed E-state index contributed by atoms with van der Waals surface area (Å²) in [5, 5.41) is 10.0. The molecule has 0 spiro atoms. The molecule has 0 aliphatic carbocycles. The zero-order chi connectivity index (χ0) is 14.7. The van der Waals surface area contributed by atoms with Crippen molar-refractivity contribution in [2.75, 3.05) is 13.7 Å². The molecule has 1 aromatic heterocycles. The lowest BCUT2D eigenvalue weighted by molar-refractivity contribution is 0.171. The number of benzene rings is 1. The maximum Gasteiger partial charge on any atom is 0.142 e. The highest BCUT2D eigenvalue weighted by atomic mass is 16.5. The van der Waals surface area contributed by atoms with E-state index in [-0.39, 0.29) is 12.1 Å². The van der Waals surface area contributed by atoms with Crippen molar-refractivity contribution in [2.24, 2.45) is 0 Å². The first-order chi connectivity index (χ1) is 10.3. The zero-order valence-electron chi connectivity index (χ0n) is 12.0. The van der Waals surface area contributed by atoms with Gasteiger partial charge in [0.1, 0.15) is 11.6 Å². The van der Waals surface area contributed by atoms with E-state index >= 15 is 0 Å². The number of aliphatic hydroxyl groups is 1. The Hall–Kier alpha value is -1.98. The molecule has 5 heteroatoms. The van der Waals surface area contributed by atoms with Crippen molar-refractivity contribution in [2.45, 2.75) is 25.1 Å². The molecule has 2 aromatic rings. The van der Waals surface area contributed by atoms with E-state index in [4.69, 9.17) is 4.74 Å². The molecule has 1 saturated heterocycles. The number of hydrogen-bond acceptors (Lipinski definition) is 5. The van der Waals surface area contributed by atoms with Crippen LogP contribution in [0.15, 0.2) is 42.7 Å². The summed E-state index contributed by atoms with van der Waals surface area (Å²) < 4.78 is 5.29. The third kappa shape index (κ3) is 3.20. The van der Waals surface area contributed by atoms with Gasteiger partial charge in [-0.25, -0.2) is 9.97 Å². The Labute approximate surface area is 124 Å². The Morgan fingerprint density at radius 3 is 2.86 bits per heavy atom. The number of hydrogen-bond donors (Lipinski definition) is 1. The second-order valence-corrected chi connectivity index (χ2v) is 5.28. The number of likely N-dealkylation sites (tertiary alicyclic amines) is 1. The predicted octanol–water partition coefficient (Wildman–Crippen LogP) is 1.79. The molecule has 0 saturated carbocycles. The van der Waals surface area contributed by atoms with Gasteiger partial charge >= 0.3 is 0 Å². The molecule has 1 aliphatic rings. The first kappa shape index (κ1) is 14.0. The van der Waals surface area contributed by atoms with E-state index in [1.165, 1.54) is 0 Å². The lowest BCUT2D eigenvalue weighted by Crippen LogP contribution is -2.25. The van der Waals surface area contributed by atoms with Gasteiger partial charge in [0.25, 0.3) is 0 Å². The van der Waals surface area contributed by atoms with Crippen LogP contribution in [0.1, 0.15) is 23.9 Å². The van der Waals surface area contributed by atoms with Gasteiger partial charge < -0.3 is 9.84 Å². The van der Waals surface area contributed by atoms with E-state index in [1.807, 2.05) is 24.3 Å². The summed E-state index contributed by atoms with van der Waals surface area (Å²) in [6.07, 6.45) is 3.90. The smallest absolute Gasteiger partial charge is 0.142 e. The van der Waals surface area contributed by atoms with Gasteiger partial charge in [0.15, 0.2) is 0 Å². The second kappa shape index (κ2) is 6.20. The minimum Gasteiger partial charge on any atom is -0.497 e. The van der Waals surface area contributed by atoms with Crippen LogP contribution in [0.5, 0.6) is 5.75 Å². The molecule has 1 aromatic carbocycles. The summed E-state index contributed by atoms with van der Waals surface area (Å²) >= 11 is 0. The lowest BCUT2D eigenvalue weighted by Gasteiger charge is -2.23. The highest BCUT2D eigenvalue weighted by molar-refractivity contribution is 5.31. The van der Waals surface area contributed by atoms with Crippen LogP contribution in [0.2, 0.25) is 0 Å². The van der Waals surface area contributed by atoms with Gasteiger partial charge in [-0.3, -0.25) is 4.90 Å². The normalized spacial score (nSPS) is 22.4. The second-order valence-electron chi connectivity index (χ2n) is 5.28. The van der Waals surface area contributed by atoms with Crippen molar-refractivity contribution in [3.8, 4) is 5.75 Å². The molecule has 1 fully saturated rings. The van der Waals surface area contributed by atoms with Crippen molar-refractivity contribution >= 4 is 0 Å². The maximum atomic E-state index is 10.0. The Balaban J connectivity index is 1.81. The van der Waals surface area contributed by atoms with Gasteiger partial charge in [-0.1, -0.05) is 12.1 Å². The molecular formula is C16H19N3O2. The van der Waals surface area contributed by atoms with Crippen LogP contribution in [-0.4, -0.2) is 39.7 Å². The minimum absolute atomic E-state index is 0.166. The van der Waals surface area contributed by atoms with E-state index < -0.39 is 0 Å². The number of ether oxygens (including phenoxy) is 1. The molecule has 0 unspecified atom stereocenters. The molecule has 21 heavy (non-hydrogen) atoms. The molecule has 2 atom stereocenters. The van der Waals surface area contributed by atoms with Crippen molar-refractivity contribution in [3.63, 3.8) is 0 Å². The van der Waals surface area contributed by atoms with Crippen molar-refractivity contribution in [3.05, 3.63) is 54.1 Å². The Kier molecular flexibility index (Phi) is 4.13. The van der Waals surface area contributed by atoms with Gasteiger partial charge in [-0.2, -0.15) is 0 Å². The summed E-state index contributed by atoms with van der Waals surface area (Å²) in [5.74, 6) is 1.62. The Morgan fingerprint density at radius 2 is 2.10 bits per heavy atom. The average Bonchev–Trinajstić information content (AvgIpc) is 2.89. The Bertz CT molecular complexity index is 591. The highest BCUT2D eigenvalue weighted by Crippen LogP contribution is 2.34. The number of rotatable bonds is 4. The van der Waals surface area contributed by atoms with Crippen LogP contribution >= 0.6 is 0 Å². The van der Waals surface area contributed by atoms with Gasteiger partial charge in [0.2, 0.25) is 0 Å². The summed E-state index contributed by atoms with van der Waals surface area (Å²) in [5.41, 5.74) is 1.15. The van der Waals surface area contributed by atoms with Crippen LogP contribution in [0.3, 0.4) is 0 Å². The van der Waals surface area contributed by atoms with Gasteiger partial charge in [0.05, 0.1) is 19.8 Å². The van der Waals surface area contributed by atoms with Crippen LogP contribution in [0, 0.1) is 0 Å². The number of β-amino-alcohol motifs (C(OH)–C–C–N with tert-alkyl or cyclic N) is 1. The molecule has 1 aliphatic heterocycles. The SMILES string of the molecule is COc1cccc([C@H]2C[C@@H](O)CN2Cc2ncccn2)c1. The van der Waals surface area contributed by atoms with Gasteiger partial charge in [-0.15, -0.1) is 0 Å². The highest BCUT2D eigenvalue weighted by Gasteiger charge is 2.32. The Morgan fingerprint density at radius 1 is 1.29 bits per heavy atom. The third-order valence-electron chi connectivity index (χ3n) is 3.82. The number of aliphatic hydroxyl groups excluding tert-OH is 1. The lowest BCUT2D eigenvalue weighted by atomic mass is 10.0. The van der Waals surface area contributed by atoms with Gasteiger partial charge in [0, 0.05) is 25.0 Å².